The quantitative estimate of drug-likeness (QED) is 0.555. The molecule has 0 saturated heterocycles. The number of aromatic amines is 1. The number of benzene rings is 2. The van der Waals surface area contributed by atoms with Crippen molar-refractivity contribution in [3.63, 3.8) is 0 Å². The SMILES string of the molecule is c1ccc(-c2cc(CNc3nncc(-c4cccc5c4OCO5)n3)n[nH]2)cc1. The van der Waals surface area contributed by atoms with Crippen LogP contribution in [0.3, 0.4) is 0 Å². The third-order valence-electron chi connectivity index (χ3n) is 4.37. The molecular weight excluding hydrogens is 356 g/mol. The predicted octanol–water partition coefficient (Wildman–Crippen LogP) is 3.27. The minimum Gasteiger partial charge on any atom is -0.454 e. The minimum absolute atomic E-state index is 0.207. The fourth-order valence-corrected chi connectivity index (χ4v) is 3.03. The van der Waals surface area contributed by atoms with Gasteiger partial charge in [0, 0.05) is 5.56 Å². The van der Waals surface area contributed by atoms with Crippen LogP contribution < -0.4 is 14.8 Å². The molecule has 0 saturated carbocycles. The van der Waals surface area contributed by atoms with Gasteiger partial charge in [0.15, 0.2) is 11.5 Å². The molecule has 2 aromatic heterocycles. The van der Waals surface area contributed by atoms with Gasteiger partial charge in [0.2, 0.25) is 12.7 Å². The van der Waals surface area contributed by atoms with Gasteiger partial charge in [0.05, 0.1) is 29.8 Å². The fraction of sp³-hybridized carbons (Fsp3) is 0.100. The Morgan fingerprint density at radius 3 is 2.89 bits per heavy atom. The zero-order valence-electron chi connectivity index (χ0n) is 14.8. The van der Waals surface area contributed by atoms with Gasteiger partial charge in [-0.25, -0.2) is 4.98 Å². The molecule has 0 amide bonds. The number of para-hydroxylation sites is 1. The average molecular weight is 372 g/mol. The van der Waals surface area contributed by atoms with Crippen LogP contribution in [-0.4, -0.2) is 32.2 Å². The summed E-state index contributed by atoms with van der Waals surface area (Å²) in [6.45, 7) is 0.680. The lowest BCUT2D eigenvalue weighted by Gasteiger charge is -2.06. The lowest BCUT2D eigenvalue weighted by atomic mass is 10.1. The molecule has 0 bridgehead atoms. The number of rotatable bonds is 5. The van der Waals surface area contributed by atoms with E-state index in [9.17, 15) is 0 Å². The molecule has 0 spiro atoms. The molecule has 4 aromatic rings. The number of ether oxygens (including phenoxy) is 2. The van der Waals surface area contributed by atoms with Crippen molar-refractivity contribution in [1.82, 2.24) is 25.4 Å². The Kier molecular flexibility index (Phi) is 4.06. The number of fused-ring (bicyclic) bond motifs is 1. The highest BCUT2D eigenvalue weighted by molar-refractivity contribution is 5.71. The first-order valence-corrected chi connectivity index (χ1v) is 8.79. The Bertz CT molecular complexity index is 1110. The third-order valence-corrected chi connectivity index (χ3v) is 4.37. The smallest absolute Gasteiger partial charge is 0.243 e. The summed E-state index contributed by atoms with van der Waals surface area (Å²) in [5, 5.41) is 18.7. The molecule has 28 heavy (non-hydrogen) atoms. The van der Waals surface area contributed by atoms with Gasteiger partial charge in [0.1, 0.15) is 0 Å². The van der Waals surface area contributed by atoms with Crippen molar-refractivity contribution in [2.24, 2.45) is 0 Å². The Hall–Kier alpha value is -3.94. The number of nitrogens with zero attached hydrogens (tertiary/aromatic N) is 4. The predicted molar refractivity (Wildman–Crippen MR) is 103 cm³/mol. The lowest BCUT2D eigenvalue weighted by molar-refractivity contribution is 0.174. The molecule has 1 aliphatic rings. The van der Waals surface area contributed by atoms with Gasteiger partial charge in [-0.2, -0.15) is 10.2 Å². The van der Waals surface area contributed by atoms with Crippen LogP contribution in [0.25, 0.3) is 22.5 Å². The second kappa shape index (κ2) is 6.99. The molecule has 2 N–H and O–H groups in total. The van der Waals surface area contributed by atoms with Crippen molar-refractivity contribution >= 4 is 5.95 Å². The summed E-state index contributed by atoms with van der Waals surface area (Å²) in [6, 6.07) is 17.7. The number of anilines is 1. The zero-order valence-corrected chi connectivity index (χ0v) is 14.8. The highest BCUT2D eigenvalue weighted by atomic mass is 16.7. The standard InChI is InChI=1S/C20H16N6O2/c1-2-5-13(6-3-1)16-9-14(24-25-16)10-21-20-23-17(11-22-26-20)15-7-4-8-18-19(15)28-12-27-18/h1-9,11H,10,12H2,(H,24,25)(H,21,23,26). The molecule has 0 fully saturated rings. The van der Waals surface area contributed by atoms with Crippen LogP contribution in [-0.2, 0) is 6.54 Å². The van der Waals surface area contributed by atoms with Crippen molar-refractivity contribution in [3.05, 3.63) is 66.5 Å². The third kappa shape index (κ3) is 3.11. The summed E-state index contributed by atoms with van der Waals surface area (Å²) in [6.07, 6.45) is 1.60. The summed E-state index contributed by atoms with van der Waals surface area (Å²) >= 11 is 0. The Morgan fingerprint density at radius 2 is 1.96 bits per heavy atom. The molecule has 3 heterocycles. The monoisotopic (exact) mass is 372 g/mol. The Labute approximate surface area is 160 Å². The summed E-state index contributed by atoms with van der Waals surface area (Å²) in [4.78, 5) is 4.54. The lowest BCUT2D eigenvalue weighted by Crippen LogP contribution is -2.05. The molecule has 0 unspecified atom stereocenters. The summed E-state index contributed by atoms with van der Waals surface area (Å²) in [5.74, 6) is 1.79. The molecule has 138 valence electrons. The normalized spacial score (nSPS) is 12.1. The first-order chi connectivity index (χ1) is 13.9. The van der Waals surface area contributed by atoms with Crippen molar-refractivity contribution in [2.75, 3.05) is 12.1 Å². The first-order valence-electron chi connectivity index (χ1n) is 8.79. The molecule has 1 aliphatic heterocycles. The van der Waals surface area contributed by atoms with E-state index >= 15 is 0 Å². The zero-order chi connectivity index (χ0) is 18.8. The summed E-state index contributed by atoms with van der Waals surface area (Å²) in [7, 11) is 0. The van der Waals surface area contributed by atoms with Crippen molar-refractivity contribution in [2.45, 2.75) is 6.54 Å². The molecule has 8 nitrogen and oxygen atoms in total. The van der Waals surface area contributed by atoms with Gasteiger partial charge < -0.3 is 14.8 Å². The Balaban J connectivity index is 1.33. The molecule has 0 atom stereocenters. The minimum atomic E-state index is 0.207. The second-order valence-corrected chi connectivity index (χ2v) is 6.20. The van der Waals surface area contributed by atoms with E-state index < -0.39 is 0 Å². The highest BCUT2D eigenvalue weighted by Crippen LogP contribution is 2.40. The number of nitrogens with one attached hydrogen (secondary N) is 2. The van der Waals surface area contributed by atoms with Crippen LogP contribution in [0.5, 0.6) is 11.5 Å². The fourth-order valence-electron chi connectivity index (χ4n) is 3.03. The van der Waals surface area contributed by atoms with Crippen LogP contribution in [0.15, 0.2) is 60.8 Å². The summed E-state index contributed by atoms with van der Waals surface area (Å²) in [5.41, 5.74) is 4.37. The van der Waals surface area contributed by atoms with E-state index in [1.165, 1.54) is 0 Å². The van der Waals surface area contributed by atoms with Gasteiger partial charge in [-0.3, -0.25) is 5.10 Å². The molecule has 0 radical (unpaired) electrons. The number of aromatic nitrogens is 5. The van der Waals surface area contributed by atoms with E-state index in [0.717, 1.165) is 22.5 Å². The van der Waals surface area contributed by atoms with E-state index in [2.05, 4.69) is 30.7 Å². The second-order valence-electron chi connectivity index (χ2n) is 6.20. The number of hydrogen-bond acceptors (Lipinski definition) is 7. The van der Waals surface area contributed by atoms with E-state index in [1.54, 1.807) is 6.20 Å². The van der Waals surface area contributed by atoms with Crippen molar-refractivity contribution in [3.8, 4) is 34.0 Å². The van der Waals surface area contributed by atoms with Crippen LogP contribution >= 0.6 is 0 Å². The van der Waals surface area contributed by atoms with Crippen LogP contribution in [0.4, 0.5) is 5.95 Å². The van der Waals surface area contributed by atoms with E-state index in [4.69, 9.17) is 9.47 Å². The number of hydrogen-bond donors (Lipinski definition) is 2. The molecular formula is C20H16N6O2. The largest absolute Gasteiger partial charge is 0.454 e. The highest BCUT2D eigenvalue weighted by Gasteiger charge is 2.19. The maximum Gasteiger partial charge on any atom is 0.243 e. The molecule has 5 rings (SSSR count). The van der Waals surface area contributed by atoms with Crippen LogP contribution in [0, 0.1) is 0 Å². The van der Waals surface area contributed by atoms with Gasteiger partial charge >= 0.3 is 0 Å². The molecule has 2 aromatic carbocycles. The maximum atomic E-state index is 5.55. The van der Waals surface area contributed by atoms with Crippen LogP contribution in [0.1, 0.15) is 5.69 Å². The average Bonchev–Trinajstić information content (AvgIpc) is 3.42. The van der Waals surface area contributed by atoms with Crippen molar-refractivity contribution < 1.29 is 9.47 Å². The van der Waals surface area contributed by atoms with Gasteiger partial charge in [-0.05, 0) is 23.8 Å². The topological polar surface area (TPSA) is 97.8 Å². The Morgan fingerprint density at radius 1 is 1.04 bits per heavy atom. The first kappa shape index (κ1) is 16.2. The summed E-state index contributed by atoms with van der Waals surface area (Å²) < 4.78 is 11.0. The maximum absolute atomic E-state index is 5.55. The van der Waals surface area contributed by atoms with Gasteiger partial charge in [-0.1, -0.05) is 36.4 Å². The molecule has 0 aliphatic carbocycles. The van der Waals surface area contributed by atoms with Crippen molar-refractivity contribution in [1.29, 1.82) is 0 Å². The van der Waals surface area contributed by atoms with Crippen LogP contribution in [0.2, 0.25) is 0 Å². The van der Waals surface area contributed by atoms with Gasteiger partial charge in [-0.15, -0.1) is 5.10 Å². The molecule has 8 heteroatoms. The van der Waals surface area contributed by atoms with E-state index in [-0.39, 0.29) is 6.79 Å². The van der Waals surface area contributed by atoms with Gasteiger partial charge in [0.25, 0.3) is 0 Å². The number of H-pyrrole nitrogens is 1. The van der Waals surface area contributed by atoms with E-state index in [1.807, 2.05) is 54.6 Å². The van der Waals surface area contributed by atoms with E-state index in [0.29, 0.717) is 29.7 Å².